The van der Waals surface area contributed by atoms with E-state index in [1.165, 1.54) is 11.1 Å². The van der Waals surface area contributed by atoms with Crippen LogP contribution in [0.4, 0.5) is 10.6 Å². The van der Waals surface area contributed by atoms with Crippen LogP contribution < -0.4 is 25.4 Å². The summed E-state index contributed by atoms with van der Waals surface area (Å²) in [6.07, 6.45) is 4.50. The third-order valence-corrected chi connectivity index (χ3v) is 7.39. The highest BCUT2D eigenvalue weighted by atomic mass is 16.5. The van der Waals surface area contributed by atoms with Crippen molar-refractivity contribution in [2.24, 2.45) is 0 Å². The third kappa shape index (κ3) is 3.48. The van der Waals surface area contributed by atoms with Crippen LogP contribution in [0.3, 0.4) is 0 Å². The van der Waals surface area contributed by atoms with Gasteiger partial charge in [-0.3, -0.25) is 4.79 Å². The van der Waals surface area contributed by atoms with Crippen molar-refractivity contribution in [1.82, 2.24) is 15.6 Å². The summed E-state index contributed by atoms with van der Waals surface area (Å²) in [5.74, 6) is 2.85. The van der Waals surface area contributed by atoms with E-state index in [1.54, 1.807) is 6.20 Å². The van der Waals surface area contributed by atoms with Crippen LogP contribution in [0.2, 0.25) is 0 Å². The van der Waals surface area contributed by atoms with Crippen molar-refractivity contribution in [3.63, 3.8) is 0 Å². The molecule has 0 bridgehead atoms. The minimum absolute atomic E-state index is 0.0312. The van der Waals surface area contributed by atoms with Crippen LogP contribution in [0.15, 0.2) is 54.7 Å². The predicted octanol–water partition coefficient (Wildman–Crippen LogP) is 3.97. The first-order valence-electron chi connectivity index (χ1n) is 12.0. The van der Waals surface area contributed by atoms with E-state index in [2.05, 4.69) is 33.1 Å². The van der Waals surface area contributed by atoms with Crippen LogP contribution in [0.1, 0.15) is 47.1 Å². The molecular formula is C27H24N4O4. The van der Waals surface area contributed by atoms with Gasteiger partial charge in [-0.15, -0.1) is 0 Å². The topological polar surface area (TPSA) is 102 Å². The molecule has 2 aromatic carbocycles. The van der Waals surface area contributed by atoms with Crippen LogP contribution >= 0.6 is 0 Å². The number of amides is 3. The Balaban J connectivity index is 1.03. The second kappa shape index (κ2) is 7.73. The Kier molecular flexibility index (Phi) is 4.49. The molecule has 2 aliphatic heterocycles. The molecule has 3 aromatic rings. The van der Waals surface area contributed by atoms with Gasteiger partial charge >= 0.3 is 6.03 Å². The predicted molar refractivity (Wildman–Crippen MR) is 128 cm³/mol. The summed E-state index contributed by atoms with van der Waals surface area (Å²) >= 11 is 0. The molecule has 4 atom stereocenters. The van der Waals surface area contributed by atoms with Gasteiger partial charge in [0.2, 0.25) is 5.91 Å². The quantitative estimate of drug-likeness (QED) is 0.538. The van der Waals surface area contributed by atoms with E-state index in [-0.39, 0.29) is 36.0 Å². The largest absolute Gasteiger partial charge is 0.487 e. The van der Waals surface area contributed by atoms with E-state index in [1.807, 2.05) is 36.4 Å². The number of carbonyl (C=O) groups is 2. The molecule has 0 radical (unpaired) electrons. The zero-order valence-corrected chi connectivity index (χ0v) is 18.9. The van der Waals surface area contributed by atoms with Crippen molar-refractivity contribution < 1.29 is 19.1 Å². The van der Waals surface area contributed by atoms with Gasteiger partial charge in [0, 0.05) is 23.7 Å². The normalized spacial score (nSPS) is 24.7. The first-order chi connectivity index (χ1) is 17.1. The summed E-state index contributed by atoms with van der Waals surface area (Å²) in [5, 5.41) is 9.03. The lowest BCUT2D eigenvalue weighted by Crippen LogP contribution is -2.40. The molecule has 3 N–H and O–H groups in total. The van der Waals surface area contributed by atoms with Crippen molar-refractivity contribution in [2.75, 3.05) is 5.32 Å². The highest BCUT2D eigenvalue weighted by Crippen LogP contribution is 2.54. The molecule has 8 nitrogen and oxygen atoms in total. The fourth-order valence-corrected chi connectivity index (χ4v) is 5.61. The number of ether oxygens (including phenoxy) is 2. The lowest BCUT2D eigenvalue weighted by molar-refractivity contribution is -0.116. The van der Waals surface area contributed by atoms with E-state index >= 15 is 0 Å². The maximum Gasteiger partial charge on any atom is 0.315 e. The van der Waals surface area contributed by atoms with Crippen LogP contribution in [0.5, 0.6) is 17.2 Å². The Bertz CT molecular complexity index is 1370. The monoisotopic (exact) mass is 468 g/mol. The SMILES string of the molecule is O=C1CCc2c(Oc3ccc4c(c3)[C@H]3[C@@H](NC(=O)N[C@H]5CCc6ccccc65)[C@H]3O4)ccnc2N1. The minimum Gasteiger partial charge on any atom is -0.487 e. The molecule has 0 unspecified atom stereocenters. The van der Waals surface area contributed by atoms with Crippen LogP contribution in [-0.2, 0) is 17.6 Å². The molecule has 3 amide bonds. The van der Waals surface area contributed by atoms with E-state index in [0.29, 0.717) is 30.2 Å². The first kappa shape index (κ1) is 20.3. The lowest BCUT2D eigenvalue weighted by Gasteiger charge is -2.19. The van der Waals surface area contributed by atoms with E-state index < -0.39 is 0 Å². The van der Waals surface area contributed by atoms with Crippen molar-refractivity contribution in [2.45, 2.75) is 49.8 Å². The number of urea groups is 1. The number of hydrogen-bond acceptors (Lipinski definition) is 5. The highest BCUT2D eigenvalue weighted by Gasteiger charge is 2.59. The summed E-state index contributed by atoms with van der Waals surface area (Å²) in [5.41, 5.74) is 4.46. The third-order valence-electron chi connectivity index (χ3n) is 7.39. The maximum absolute atomic E-state index is 12.7. The Morgan fingerprint density at radius 3 is 2.91 bits per heavy atom. The number of nitrogens with zero attached hydrogens (tertiary/aromatic N) is 1. The lowest BCUT2D eigenvalue weighted by atomic mass is 10.1. The molecule has 3 heterocycles. The van der Waals surface area contributed by atoms with Gasteiger partial charge in [-0.2, -0.15) is 0 Å². The minimum atomic E-state index is -0.158. The van der Waals surface area contributed by atoms with Crippen molar-refractivity contribution in [3.05, 3.63) is 77.0 Å². The van der Waals surface area contributed by atoms with Gasteiger partial charge in [0.15, 0.2) is 0 Å². The van der Waals surface area contributed by atoms with Crippen LogP contribution in [0.25, 0.3) is 0 Å². The van der Waals surface area contributed by atoms with Gasteiger partial charge in [-0.1, -0.05) is 24.3 Å². The fourth-order valence-electron chi connectivity index (χ4n) is 5.61. The Morgan fingerprint density at radius 2 is 1.97 bits per heavy atom. The Labute approximate surface area is 202 Å². The Morgan fingerprint density at radius 1 is 1.06 bits per heavy atom. The summed E-state index contributed by atoms with van der Waals surface area (Å²) in [6, 6.07) is 15.7. The van der Waals surface area contributed by atoms with E-state index in [4.69, 9.17) is 9.47 Å². The van der Waals surface area contributed by atoms with Crippen LogP contribution in [-0.4, -0.2) is 29.1 Å². The average Bonchev–Trinajstić information content (AvgIpc) is 3.18. The number of pyridine rings is 1. The molecule has 2 aliphatic carbocycles. The number of hydrogen-bond donors (Lipinski definition) is 3. The summed E-state index contributed by atoms with van der Waals surface area (Å²) in [4.78, 5) is 28.7. The number of aromatic nitrogens is 1. The summed E-state index contributed by atoms with van der Waals surface area (Å²) < 4.78 is 12.3. The number of benzene rings is 2. The fraction of sp³-hybridized carbons (Fsp3) is 0.296. The molecule has 8 heteroatoms. The van der Waals surface area contributed by atoms with Gasteiger partial charge in [-0.25, -0.2) is 9.78 Å². The van der Waals surface area contributed by atoms with E-state index in [0.717, 1.165) is 29.7 Å². The van der Waals surface area contributed by atoms with Crippen LogP contribution in [0, 0.1) is 0 Å². The summed E-state index contributed by atoms with van der Waals surface area (Å²) in [7, 11) is 0. The van der Waals surface area contributed by atoms with Crippen molar-refractivity contribution in [3.8, 4) is 17.2 Å². The zero-order chi connectivity index (χ0) is 23.5. The smallest absolute Gasteiger partial charge is 0.315 e. The van der Waals surface area contributed by atoms with Gasteiger partial charge < -0.3 is 25.4 Å². The molecule has 4 aliphatic rings. The van der Waals surface area contributed by atoms with E-state index in [9.17, 15) is 9.59 Å². The van der Waals surface area contributed by atoms with Gasteiger partial charge in [0.1, 0.15) is 29.2 Å². The average molecular weight is 469 g/mol. The molecule has 0 spiro atoms. The second-order valence-corrected chi connectivity index (χ2v) is 9.53. The molecule has 1 fully saturated rings. The summed E-state index contributed by atoms with van der Waals surface area (Å²) in [6.45, 7) is 0. The zero-order valence-electron chi connectivity index (χ0n) is 18.9. The number of carbonyl (C=O) groups excluding carboxylic acids is 2. The highest BCUT2D eigenvalue weighted by molar-refractivity contribution is 5.93. The molecule has 7 rings (SSSR count). The number of fused-ring (bicyclic) bond motifs is 5. The molecule has 176 valence electrons. The van der Waals surface area contributed by atoms with Gasteiger partial charge in [0.25, 0.3) is 0 Å². The number of nitrogens with one attached hydrogen (secondary N) is 3. The molecule has 1 saturated carbocycles. The van der Waals surface area contributed by atoms with Crippen molar-refractivity contribution >= 4 is 17.8 Å². The molecule has 35 heavy (non-hydrogen) atoms. The van der Waals surface area contributed by atoms with Crippen molar-refractivity contribution in [1.29, 1.82) is 0 Å². The number of aryl methyl sites for hydroxylation is 1. The standard InChI is InChI=1S/C27H24N4O4/c32-22-10-7-17-21(11-12-28-26(17)30-22)34-15-6-9-20-18(13-15)23-24(25(23)35-20)31-27(33)29-19-8-5-14-3-1-2-4-16(14)19/h1-4,6,9,11-13,19,23-25H,5,7-8,10H2,(H,28,30,32)(H2,29,31,33)/t19-,23-,24+,25-/m0/s1. The number of anilines is 1. The second-order valence-electron chi connectivity index (χ2n) is 9.53. The molecule has 0 saturated heterocycles. The first-order valence-corrected chi connectivity index (χ1v) is 12.0. The molecule has 1 aromatic heterocycles. The van der Waals surface area contributed by atoms with Gasteiger partial charge in [-0.05, 0) is 54.7 Å². The maximum atomic E-state index is 12.7. The molecular weight excluding hydrogens is 444 g/mol. The Hall–Kier alpha value is -4.07. The van der Waals surface area contributed by atoms with Gasteiger partial charge in [0.05, 0.1) is 18.0 Å². The number of rotatable bonds is 4.